The third-order valence-corrected chi connectivity index (χ3v) is 4.69. The van der Waals surface area contributed by atoms with Crippen LogP contribution in [0.2, 0.25) is 0 Å². The van der Waals surface area contributed by atoms with E-state index in [1.165, 1.54) is 5.56 Å². The molecule has 0 spiro atoms. The van der Waals surface area contributed by atoms with E-state index in [1.807, 2.05) is 85.8 Å². The Morgan fingerprint density at radius 2 is 1.11 bits per heavy atom. The van der Waals surface area contributed by atoms with E-state index in [4.69, 9.17) is 0 Å². The van der Waals surface area contributed by atoms with Crippen molar-refractivity contribution in [3.05, 3.63) is 114 Å². The molecule has 2 N–H and O–H groups in total. The smallest absolute Gasteiger partial charge is 0.246 e. The molecule has 3 nitrogen and oxygen atoms in total. The molecule has 0 aromatic heterocycles. The van der Waals surface area contributed by atoms with Gasteiger partial charge in [-0.1, -0.05) is 91.0 Å². The van der Waals surface area contributed by atoms with Crippen molar-refractivity contribution in [3.8, 4) is 0 Å². The number of amides is 1. The highest BCUT2D eigenvalue weighted by Crippen LogP contribution is 2.19. The lowest BCUT2D eigenvalue weighted by Crippen LogP contribution is -2.26. The molecule has 0 aliphatic rings. The zero-order valence-corrected chi connectivity index (χ0v) is 16.3. The molecule has 0 unspecified atom stereocenters. The van der Waals surface area contributed by atoms with E-state index in [0.717, 1.165) is 16.8 Å². The molecule has 0 saturated carbocycles. The maximum atomic E-state index is 12.7. The lowest BCUT2D eigenvalue weighted by atomic mass is 10.1. The lowest BCUT2D eigenvalue weighted by Gasteiger charge is -2.19. The van der Waals surface area contributed by atoms with Crippen LogP contribution in [0.3, 0.4) is 0 Å². The van der Waals surface area contributed by atoms with Crippen molar-refractivity contribution >= 4 is 11.6 Å². The number of benzene rings is 3. The number of carbonyl (C=O) groups is 1. The Bertz CT molecular complexity index is 905. The van der Waals surface area contributed by atoms with Crippen LogP contribution in [0.15, 0.2) is 97.1 Å². The summed E-state index contributed by atoms with van der Waals surface area (Å²) in [4.78, 5) is 12.7. The quantitative estimate of drug-likeness (QED) is 0.557. The van der Waals surface area contributed by atoms with E-state index in [2.05, 4.69) is 29.7 Å². The summed E-state index contributed by atoms with van der Waals surface area (Å²) in [7, 11) is 0. The Labute approximate surface area is 167 Å². The lowest BCUT2D eigenvalue weighted by molar-refractivity contribution is -0.117. The fourth-order valence-corrected chi connectivity index (χ4v) is 3.10. The number of nitrogens with one attached hydrogen (secondary N) is 2. The van der Waals surface area contributed by atoms with E-state index in [9.17, 15) is 4.79 Å². The molecule has 0 saturated heterocycles. The zero-order valence-electron chi connectivity index (χ0n) is 16.3. The average molecular weight is 370 g/mol. The van der Waals surface area contributed by atoms with Crippen LogP contribution in [-0.2, 0) is 4.79 Å². The first-order chi connectivity index (χ1) is 13.6. The standard InChI is InChI=1S/C25H26N2O/c1-19(21-12-6-3-7-13-21)26-24(23-16-10-5-11-17-23)18-25(28)27-20(2)22-14-8-4-9-15-22/h3-20,26H,1-2H3,(H,27,28)/b24-18-/t19-,20+/m0/s1. The van der Waals surface area contributed by atoms with Gasteiger partial charge in [-0.15, -0.1) is 0 Å². The van der Waals surface area contributed by atoms with Crippen molar-refractivity contribution in [2.24, 2.45) is 0 Å². The van der Waals surface area contributed by atoms with Crippen LogP contribution in [-0.4, -0.2) is 5.91 Å². The predicted molar refractivity (Wildman–Crippen MR) is 115 cm³/mol. The van der Waals surface area contributed by atoms with Crippen LogP contribution in [0, 0.1) is 0 Å². The largest absolute Gasteiger partial charge is 0.378 e. The molecule has 0 bridgehead atoms. The monoisotopic (exact) mass is 370 g/mol. The van der Waals surface area contributed by atoms with Gasteiger partial charge in [-0.25, -0.2) is 0 Å². The second kappa shape index (κ2) is 9.56. The predicted octanol–water partition coefficient (Wildman–Crippen LogP) is 5.26. The molecule has 142 valence electrons. The van der Waals surface area contributed by atoms with Crippen LogP contribution in [0.4, 0.5) is 0 Å². The molecule has 0 aliphatic carbocycles. The molecular weight excluding hydrogens is 344 g/mol. The van der Waals surface area contributed by atoms with Crippen LogP contribution < -0.4 is 10.6 Å². The van der Waals surface area contributed by atoms with E-state index in [1.54, 1.807) is 6.08 Å². The minimum absolute atomic E-state index is 0.0616. The molecular formula is C25H26N2O. The first kappa shape index (κ1) is 19.4. The first-order valence-electron chi connectivity index (χ1n) is 9.57. The molecule has 0 heterocycles. The maximum Gasteiger partial charge on any atom is 0.246 e. The minimum atomic E-state index is -0.122. The molecule has 3 rings (SSSR count). The first-order valence-corrected chi connectivity index (χ1v) is 9.57. The third-order valence-electron chi connectivity index (χ3n) is 4.69. The van der Waals surface area contributed by atoms with Gasteiger partial charge in [0.05, 0.1) is 6.04 Å². The molecule has 1 amide bonds. The molecule has 3 aromatic rings. The van der Waals surface area contributed by atoms with Crippen molar-refractivity contribution < 1.29 is 4.79 Å². The zero-order chi connectivity index (χ0) is 19.8. The fraction of sp³-hybridized carbons (Fsp3) is 0.160. The number of hydrogen-bond acceptors (Lipinski definition) is 2. The summed E-state index contributed by atoms with van der Waals surface area (Å²) < 4.78 is 0. The Morgan fingerprint density at radius 1 is 0.679 bits per heavy atom. The van der Waals surface area contributed by atoms with Gasteiger partial charge in [0, 0.05) is 17.8 Å². The summed E-state index contributed by atoms with van der Waals surface area (Å²) >= 11 is 0. The van der Waals surface area contributed by atoms with E-state index in [0.29, 0.717) is 0 Å². The molecule has 0 radical (unpaired) electrons. The van der Waals surface area contributed by atoms with Gasteiger partial charge in [-0.3, -0.25) is 4.79 Å². The van der Waals surface area contributed by atoms with Crippen molar-refractivity contribution in [1.29, 1.82) is 0 Å². The van der Waals surface area contributed by atoms with Gasteiger partial charge in [0.1, 0.15) is 0 Å². The summed E-state index contributed by atoms with van der Waals surface area (Å²) in [5, 5.41) is 6.55. The minimum Gasteiger partial charge on any atom is -0.378 e. The Morgan fingerprint density at radius 3 is 1.61 bits per heavy atom. The van der Waals surface area contributed by atoms with Gasteiger partial charge in [0.2, 0.25) is 5.91 Å². The van der Waals surface area contributed by atoms with E-state index < -0.39 is 0 Å². The maximum absolute atomic E-state index is 12.7. The second-order valence-electron chi connectivity index (χ2n) is 6.84. The topological polar surface area (TPSA) is 41.1 Å². The average Bonchev–Trinajstić information content (AvgIpc) is 2.75. The van der Waals surface area contributed by atoms with Crippen molar-refractivity contribution in [2.75, 3.05) is 0 Å². The van der Waals surface area contributed by atoms with Crippen LogP contribution >= 0.6 is 0 Å². The third kappa shape index (κ3) is 5.34. The molecule has 28 heavy (non-hydrogen) atoms. The number of hydrogen-bond donors (Lipinski definition) is 2. The van der Waals surface area contributed by atoms with Gasteiger partial charge < -0.3 is 10.6 Å². The molecule has 0 aliphatic heterocycles. The van der Waals surface area contributed by atoms with Crippen LogP contribution in [0.5, 0.6) is 0 Å². The summed E-state index contributed by atoms with van der Waals surface area (Å²) in [6.45, 7) is 4.08. The summed E-state index contributed by atoms with van der Waals surface area (Å²) in [6, 6.07) is 30.1. The molecule has 0 fully saturated rings. The van der Waals surface area contributed by atoms with E-state index in [-0.39, 0.29) is 18.0 Å². The highest BCUT2D eigenvalue weighted by Gasteiger charge is 2.12. The van der Waals surface area contributed by atoms with Gasteiger partial charge in [0.15, 0.2) is 0 Å². The van der Waals surface area contributed by atoms with Crippen LogP contribution in [0.25, 0.3) is 5.70 Å². The SMILES string of the molecule is C[C@H](N/C(=C\C(=O)N[C@H](C)c1ccccc1)c1ccccc1)c1ccccc1. The highest BCUT2D eigenvalue weighted by atomic mass is 16.1. The Balaban J connectivity index is 1.79. The Hall–Kier alpha value is -3.33. The number of carbonyl (C=O) groups excluding carboxylic acids is 1. The summed E-state index contributed by atoms with van der Waals surface area (Å²) in [5.41, 5.74) is 4.03. The fourth-order valence-electron chi connectivity index (χ4n) is 3.10. The second-order valence-corrected chi connectivity index (χ2v) is 6.84. The van der Waals surface area contributed by atoms with Gasteiger partial charge in [-0.05, 0) is 30.5 Å². The van der Waals surface area contributed by atoms with Crippen molar-refractivity contribution in [3.63, 3.8) is 0 Å². The van der Waals surface area contributed by atoms with Gasteiger partial charge in [0.25, 0.3) is 0 Å². The van der Waals surface area contributed by atoms with Crippen molar-refractivity contribution in [2.45, 2.75) is 25.9 Å². The van der Waals surface area contributed by atoms with E-state index >= 15 is 0 Å². The van der Waals surface area contributed by atoms with Gasteiger partial charge in [-0.2, -0.15) is 0 Å². The summed E-state index contributed by atoms with van der Waals surface area (Å²) in [5.74, 6) is -0.122. The van der Waals surface area contributed by atoms with Crippen LogP contribution in [0.1, 0.15) is 42.6 Å². The van der Waals surface area contributed by atoms with Gasteiger partial charge >= 0.3 is 0 Å². The normalized spacial score (nSPS) is 13.4. The highest BCUT2D eigenvalue weighted by molar-refractivity contribution is 5.95. The summed E-state index contributed by atoms with van der Waals surface area (Å²) in [6.07, 6.45) is 1.65. The van der Waals surface area contributed by atoms with Crippen molar-refractivity contribution in [1.82, 2.24) is 10.6 Å². The molecule has 2 atom stereocenters. The number of rotatable bonds is 7. The molecule has 3 aromatic carbocycles. The Kier molecular flexibility index (Phi) is 6.64. The molecule has 3 heteroatoms.